The highest BCUT2D eigenvalue weighted by atomic mass is 16.6. The first-order chi connectivity index (χ1) is 15.3. The molecule has 172 valence electrons. The van der Waals surface area contributed by atoms with Crippen molar-refractivity contribution in [2.24, 2.45) is 0 Å². The number of alkyl carbamates (subject to hydrolysis) is 1. The Morgan fingerprint density at radius 1 is 0.969 bits per heavy atom. The summed E-state index contributed by atoms with van der Waals surface area (Å²) in [5.41, 5.74) is 1.71. The second-order valence-electron chi connectivity index (χ2n) is 9.44. The maximum absolute atomic E-state index is 12.9. The van der Waals surface area contributed by atoms with E-state index in [-0.39, 0.29) is 11.9 Å². The molecular formula is C26H35N3O3. The first kappa shape index (κ1) is 24.0. The zero-order valence-corrected chi connectivity index (χ0v) is 19.3. The van der Waals surface area contributed by atoms with E-state index < -0.39 is 17.7 Å². The monoisotopic (exact) mass is 437 g/mol. The van der Waals surface area contributed by atoms with Crippen LogP contribution < -0.4 is 10.6 Å². The van der Waals surface area contributed by atoms with Crippen molar-refractivity contribution < 1.29 is 14.3 Å². The molecule has 1 heterocycles. The molecule has 0 bridgehead atoms. The van der Waals surface area contributed by atoms with Gasteiger partial charge in [-0.3, -0.25) is 15.0 Å². The van der Waals surface area contributed by atoms with Crippen LogP contribution in [-0.4, -0.2) is 47.7 Å². The van der Waals surface area contributed by atoms with Gasteiger partial charge in [-0.2, -0.15) is 0 Å². The number of hydrogen-bond acceptors (Lipinski definition) is 5. The fourth-order valence-corrected chi connectivity index (χ4v) is 3.95. The van der Waals surface area contributed by atoms with Gasteiger partial charge in [-0.25, -0.2) is 4.79 Å². The van der Waals surface area contributed by atoms with E-state index in [0.717, 1.165) is 38.0 Å². The van der Waals surface area contributed by atoms with E-state index >= 15 is 0 Å². The van der Waals surface area contributed by atoms with Crippen LogP contribution in [0.1, 0.15) is 44.7 Å². The van der Waals surface area contributed by atoms with Crippen molar-refractivity contribution in [3.8, 4) is 0 Å². The van der Waals surface area contributed by atoms with E-state index in [2.05, 4.69) is 39.8 Å². The summed E-state index contributed by atoms with van der Waals surface area (Å²) in [4.78, 5) is 27.5. The van der Waals surface area contributed by atoms with Crippen LogP contribution >= 0.6 is 0 Å². The molecule has 0 spiro atoms. The molecule has 0 saturated carbocycles. The lowest BCUT2D eigenvalue weighted by atomic mass is 10.00. The summed E-state index contributed by atoms with van der Waals surface area (Å²) in [7, 11) is 0. The standard InChI is InChI=1S/C26H35N3O3/c1-26(2,3)32-25(31)28-24(30)23(18-20-10-6-4-7-11-20)27-22-14-16-29(17-15-22)19-21-12-8-5-9-13-21/h4-13,22-23,27H,14-19H2,1-3H3,(H,28,30,31)/t23-/m1/s1. The van der Waals surface area contributed by atoms with Gasteiger partial charge in [0, 0.05) is 12.6 Å². The number of benzene rings is 2. The molecule has 0 radical (unpaired) electrons. The molecule has 0 aliphatic carbocycles. The first-order valence-electron chi connectivity index (χ1n) is 11.4. The molecule has 2 aromatic carbocycles. The number of likely N-dealkylation sites (tertiary alicyclic amines) is 1. The van der Waals surface area contributed by atoms with Crippen molar-refractivity contribution in [2.75, 3.05) is 13.1 Å². The van der Waals surface area contributed by atoms with Gasteiger partial charge in [-0.1, -0.05) is 60.7 Å². The smallest absolute Gasteiger partial charge is 0.414 e. The van der Waals surface area contributed by atoms with Crippen molar-refractivity contribution in [3.05, 3.63) is 71.8 Å². The van der Waals surface area contributed by atoms with Gasteiger partial charge in [0.25, 0.3) is 0 Å². The minimum absolute atomic E-state index is 0.222. The van der Waals surface area contributed by atoms with E-state index in [4.69, 9.17) is 4.74 Å². The Morgan fingerprint density at radius 3 is 2.09 bits per heavy atom. The Bertz CT molecular complexity index is 857. The molecule has 32 heavy (non-hydrogen) atoms. The Kier molecular flexibility index (Phi) is 8.42. The van der Waals surface area contributed by atoms with Crippen LogP contribution in [0, 0.1) is 0 Å². The lowest BCUT2D eigenvalue weighted by molar-refractivity contribution is -0.123. The van der Waals surface area contributed by atoms with E-state index in [1.54, 1.807) is 20.8 Å². The summed E-state index contributed by atoms with van der Waals surface area (Å²) in [5.74, 6) is -0.352. The zero-order chi connectivity index (χ0) is 23.0. The Labute approximate surface area is 191 Å². The molecule has 0 aromatic heterocycles. The van der Waals surface area contributed by atoms with Crippen LogP contribution in [0.2, 0.25) is 0 Å². The van der Waals surface area contributed by atoms with Crippen LogP contribution in [0.3, 0.4) is 0 Å². The summed E-state index contributed by atoms with van der Waals surface area (Å²) in [6.45, 7) is 8.22. The van der Waals surface area contributed by atoms with E-state index in [1.165, 1.54) is 5.56 Å². The zero-order valence-electron chi connectivity index (χ0n) is 19.3. The number of rotatable bonds is 7. The van der Waals surface area contributed by atoms with Crippen molar-refractivity contribution in [1.29, 1.82) is 0 Å². The summed E-state index contributed by atoms with van der Waals surface area (Å²) < 4.78 is 5.26. The number of imide groups is 1. The minimum atomic E-state index is -0.708. The van der Waals surface area contributed by atoms with Crippen LogP contribution in [-0.2, 0) is 22.5 Å². The Morgan fingerprint density at radius 2 is 1.53 bits per heavy atom. The highest BCUT2D eigenvalue weighted by molar-refractivity contribution is 5.95. The number of hydrogen-bond donors (Lipinski definition) is 2. The van der Waals surface area contributed by atoms with Gasteiger partial charge in [-0.15, -0.1) is 0 Å². The SMILES string of the molecule is CC(C)(C)OC(=O)NC(=O)[C@@H](Cc1ccccc1)NC1CCN(Cc2ccccc2)CC1. The highest BCUT2D eigenvalue weighted by Gasteiger charge is 2.28. The van der Waals surface area contributed by atoms with Crippen LogP contribution in [0.5, 0.6) is 0 Å². The fourth-order valence-electron chi connectivity index (χ4n) is 3.95. The molecule has 1 fully saturated rings. The summed E-state index contributed by atoms with van der Waals surface area (Å²) in [6.07, 6.45) is 1.72. The van der Waals surface area contributed by atoms with Gasteiger partial charge < -0.3 is 10.1 Å². The van der Waals surface area contributed by atoms with E-state index in [9.17, 15) is 9.59 Å². The number of amides is 2. The van der Waals surface area contributed by atoms with Crippen molar-refractivity contribution in [1.82, 2.24) is 15.5 Å². The second kappa shape index (κ2) is 11.2. The predicted molar refractivity (Wildman–Crippen MR) is 126 cm³/mol. The molecule has 1 aliphatic rings. The van der Waals surface area contributed by atoms with Crippen LogP contribution in [0.15, 0.2) is 60.7 Å². The van der Waals surface area contributed by atoms with Gasteiger partial charge >= 0.3 is 6.09 Å². The quantitative estimate of drug-likeness (QED) is 0.687. The maximum atomic E-state index is 12.9. The third-order valence-electron chi connectivity index (χ3n) is 5.50. The molecule has 2 aromatic rings. The highest BCUT2D eigenvalue weighted by Crippen LogP contribution is 2.16. The Hall–Kier alpha value is -2.70. The normalized spacial score (nSPS) is 16.3. The number of nitrogens with one attached hydrogen (secondary N) is 2. The largest absolute Gasteiger partial charge is 0.444 e. The number of carbonyl (C=O) groups excluding carboxylic acids is 2. The van der Waals surface area contributed by atoms with Crippen molar-refractivity contribution in [3.63, 3.8) is 0 Å². The molecule has 1 atom stereocenters. The minimum Gasteiger partial charge on any atom is -0.444 e. The van der Waals surface area contributed by atoms with Gasteiger partial charge in [0.05, 0.1) is 6.04 Å². The third-order valence-corrected chi connectivity index (χ3v) is 5.50. The Balaban J connectivity index is 1.57. The molecule has 0 unspecified atom stereocenters. The van der Waals surface area contributed by atoms with Crippen molar-refractivity contribution >= 4 is 12.0 Å². The average Bonchev–Trinajstić information content (AvgIpc) is 2.74. The number of nitrogens with zero attached hydrogens (tertiary/aromatic N) is 1. The van der Waals surface area contributed by atoms with Crippen LogP contribution in [0.25, 0.3) is 0 Å². The lowest BCUT2D eigenvalue weighted by Gasteiger charge is -2.34. The predicted octanol–water partition coefficient (Wildman–Crippen LogP) is 3.90. The van der Waals surface area contributed by atoms with Gasteiger partial charge in [0.2, 0.25) is 5.91 Å². The van der Waals surface area contributed by atoms with Crippen molar-refractivity contribution in [2.45, 2.75) is 64.3 Å². The topological polar surface area (TPSA) is 70.7 Å². The molecule has 1 saturated heterocycles. The van der Waals surface area contributed by atoms with E-state index in [1.807, 2.05) is 36.4 Å². The number of ether oxygens (including phenoxy) is 1. The summed E-state index contributed by atoms with van der Waals surface area (Å²) in [5, 5.41) is 5.93. The summed E-state index contributed by atoms with van der Waals surface area (Å²) in [6, 6.07) is 20.1. The third kappa shape index (κ3) is 8.09. The molecule has 2 N–H and O–H groups in total. The van der Waals surface area contributed by atoms with Crippen LogP contribution in [0.4, 0.5) is 4.79 Å². The summed E-state index contributed by atoms with van der Waals surface area (Å²) >= 11 is 0. The van der Waals surface area contributed by atoms with Gasteiger partial charge in [0.15, 0.2) is 0 Å². The second-order valence-corrected chi connectivity index (χ2v) is 9.44. The average molecular weight is 438 g/mol. The number of carbonyl (C=O) groups is 2. The van der Waals surface area contributed by atoms with Gasteiger partial charge in [0.1, 0.15) is 5.60 Å². The molecule has 2 amide bonds. The lowest BCUT2D eigenvalue weighted by Crippen LogP contribution is -2.53. The fraction of sp³-hybridized carbons (Fsp3) is 0.462. The molecular weight excluding hydrogens is 402 g/mol. The molecule has 6 nitrogen and oxygen atoms in total. The van der Waals surface area contributed by atoms with E-state index in [0.29, 0.717) is 6.42 Å². The first-order valence-corrected chi connectivity index (χ1v) is 11.4. The number of piperidine rings is 1. The maximum Gasteiger partial charge on any atom is 0.414 e. The molecule has 3 rings (SSSR count). The van der Waals surface area contributed by atoms with Gasteiger partial charge in [-0.05, 0) is 64.3 Å². The molecule has 6 heteroatoms. The molecule has 1 aliphatic heterocycles.